The Kier molecular flexibility index (Phi) is 5.30. The van der Waals surface area contributed by atoms with Gasteiger partial charge in [0.1, 0.15) is 5.82 Å². The number of halogens is 1. The van der Waals surface area contributed by atoms with Crippen molar-refractivity contribution in [1.82, 2.24) is 0 Å². The fraction of sp³-hybridized carbons (Fsp3) is 0.300. The van der Waals surface area contributed by atoms with Crippen LogP contribution in [0.1, 0.15) is 18.4 Å². The number of anilines is 2. The Morgan fingerprint density at radius 1 is 1.20 bits per heavy atom. The van der Waals surface area contributed by atoms with Crippen LogP contribution in [0.2, 0.25) is 0 Å². The van der Waals surface area contributed by atoms with E-state index in [1.165, 1.54) is 17.7 Å². The van der Waals surface area contributed by atoms with E-state index in [4.69, 9.17) is 5.26 Å². The number of carbonyl (C=O) groups excluding carboxylic acids is 1. The Hall–Kier alpha value is -2.87. The van der Waals surface area contributed by atoms with Gasteiger partial charge in [0.15, 0.2) is 0 Å². The molecule has 3 rings (SSSR count). The van der Waals surface area contributed by atoms with Gasteiger partial charge in [-0.15, -0.1) is 0 Å². The molecule has 4 nitrogen and oxygen atoms in total. The van der Waals surface area contributed by atoms with Crippen LogP contribution in [0.15, 0.2) is 48.5 Å². The van der Waals surface area contributed by atoms with E-state index in [2.05, 4.69) is 17.0 Å². The standard InChI is InChI=1S/C20H20FN3O/c21-17-8-10-18(11-9-17)24(14-4-12-22)20(25)15-23-13-3-6-16-5-1-2-7-19(16)23/h1-2,5,7-11H,3-4,6,13-15H2. The fourth-order valence-electron chi connectivity index (χ4n) is 3.21. The van der Waals surface area contributed by atoms with E-state index in [9.17, 15) is 9.18 Å². The van der Waals surface area contributed by atoms with Crippen LogP contribution in [-0.2, 0) is 11.2 Å². The van der Waals surface area contributed by atoms with Crippen molar-refractivity contribution in [2.75, 3.05) is 29.4 Å². The second kappa shape index (κ2) is 7.80. The molecule has 0 aliphatic carbocycles. The third-order valence-corrected chi connectivity index (χ3v) is 4.42. The van der Waals surface area contributed by atoms with Crippen molar-refractivity contribution < 1.29 is 9.18 Å². The van der Waals surface area contributed by atoms with Gasteiger partial charge in [-0.3, -0.25) is 4.79 Å². The summed E-state index contributed by atoms with van der Waals surface area (Å²) in [6.07, 6.45) is 2.27. The zero-order chi connectivity index (χ0) is 17.6. The van der Waals surface area contributed by atoms with E-state index in [0.717, 1.165) is 25.1 Å². The first kappa shape index (κ1) is 17.0. The number of benzene rings is 2. The van der Waals surface area contributed by atoms with Gasteiger partial charge in [0.05, 0.1) is 19.0 Å². The Labute approximate surface area is 147 Å². The minimum absolute atomic E-state index is 0.0847. The molecule has 0 bridgehead atoms. The number of para-hydroxylation sites is 1. The van der Waals surface area contributed by atoms with Crippen LogP contribution in [0, 0.1) is 17.1 Å². The molecular formula is C20H20FN3O. The molecule has 0 fully saturated rings. The van der Waals surface area contributed by atoms with E-state index >= 15 is 0 Å². The largest absolute Gasteiger partial charge is 0.362 e. The topological polar surface area (TPSA) is 47.3 Å². The van der Waals surface area contributed by atoms with E-state index in [-0.39, 0.29) is 24.7 Å². The van der Waals surface area contributed by atoms with Crippen molar-refractivity contribution in [2.45, 2.75) is 19.3 Å². The first-order valence-electron chi connectivity index (χ1n) is 8.45. The summed E-state index contributed by atoms with van der Waals surface area (Å²) >= 11 is 0. The molecule has 0 saturated heterocycles. The summed E-state index contributed by atoms with van der Waals surface area (Å²) in [4.78, 5) is 16.6. The molecule has 0 atom stereocenters. The summed E-state index contributed by atoms with van der Waals surface area (Å²) in [5.74, 6) is -0.431. The highest BCUT2D eigenvalue weighted by Gasteiger charge is 2.22. The number of rotatable bonds is 5. The smallest absolute Gasteiger partial charge is 0.246 e. The predicted molar refractivity (Wildman–Crippen MR) is 96.0 cm³/mol. The lowest BCUT2D eigenvalue weighted by Gasteiger charge is -2.32. The lowest BCUT2D eigenvalue weighted by atomic mass is 10.0. The molecule has 1 heterocycles. The van der Waals surface area contributed by atoms with Crippen LogP contribution in [-0.4, -0.2) is 25.5 Å². The Morgan fingerprint density at radius 3 is 2.72 bits per heavy atom. The molecule has 0 radical (unpaired) electrons. The predicted octanol–water partition coefficient (Wildman–Crippen LogP) is 3.53. The summed E-state index contributed by atoms with van der Waals surface area (Å²) < 4.78 is 13.2. The second-order valence-corrected chi connectivity index (χ2v) is 6.08. The van der Waals surface area contributed by atoms with Crippen molar-refractivity contribution >= 4 is 17.3 Å². The van der Waals surface area contributed by atoms with E-state index in [1.54, 1.807) is 17.0 Å². The number of fused-ring (bicyclic) bond motifs is 1. The van der Waals surface area contributed by atoms with Crippen molar-refractivity contribution in [2.24, 2.45) is 0 Å². The lowest BCUT2D eigenvalue weighted by molar-refractivity contribution is -0.117. The summed E-state index contributed by atoms with van der Waals surface area (Å²) in [7, 11) is 0. The van der Waals surface area contributed by atoms with Gasteiger partial charge < -0.3 is 9.80 Å². The zero-order valence-corrected chi connectivity index (χ0v) is 14.0. The fourth-order valence-corrected chi connectivity index (χ4v) is 3.21. The molecule has 1 amide bonds. The molecule has 0 N–H and O–H groups in total. The molecule has 2 aromatic rings. The van der Waals surface area contributed by atoms with Crippen LogP contribution in [0.5, 0.6) is 0 Å². The van der Waals surface area contributed by atoms with E-state index < -0.39 is 0 Å². The highest BCUT2D eigenvalue weighted by atomic mass is 19.1. The maximum Gasteiger partial charge on any atom is 0.246 e. The van der Waals surface area contributed by atoms with Crippen molar-refractivity contribution in [3.63, 3.8) is 0 Å². The van der Waals surface area contributed by atoms with Crippen LogP contribution < -0.4 is 9.80 Å². The van der Waals surface area contributed by atoms with Gasteiger partial charge in [0.2, 0.25) is 5.91 Å². The highest BCUT2D eigenvalue weighted by molar-refractivity contribution is 5.96. The van der Waals surface area contributed by atoms with Crippen LogP contribution >= 0.6 is 0 Å². The van der Waals surface area contributed by atoms with Gasteiger partial charge in [0.25, 0.3) is 0 Å². The number of aryl methyl sites for hydroxylation is 1. The van der Waals surface area contributed by atoms with Gasteiger partial charge in [-0.25, -0.2) is 4.39 Å². The molecule has 2 aromatic carbocycles. The molecule has 1 aliphatic heterocycles. The van der Waals surface area contributed by atoms with E-state index in [0.29, 0.717) is 12.2 Å². The first-order chi connectivity index (χ1) is 12.2. The average Bonchev–Trinajstić information content (AvgIpc) is 2.64. The summed E-state index contributed by atoms with van der Waals surface area (Å²) in [5.41, 5.74) is 2.97. The second-order valence-electron chi connectivity index (χ2n) is 6.08. The van der Waals surface area contributed by atoms with Gasteiger partial charge in [0, 0.05) is 24.5 Å². The van der Waals surface area contributed by atoms with Crippen LogP contribution in [0.4, 0.5) is 15.8 Å². The molecular weight excluding hydrogens is 317 g/mol. The summed E-state index contributed by atoms with van der Waals surface area (Å²) in [5, 5.41) is 8.88. The average molecular weight is 337 g/mol. The summed E-state index contributed by atoms with van der Waals surface area (Å²) in [6.45, 7) is 1.38. The molecule has 25 heavy (non-hydrogen) atoms. The number of amides is 1. The number of hydrogen-bond donors (Lipinski definition) is 0. The van der Waals surface area contributed by atoms with Gasteiger partial charge >= 0.3 is 0 Å². The number of nitriles is 1. The molecule has 0 spiro atoms. The van der Waals surface area contributed by atoms with Crippen LogP contribution in [0.3, 0.4) is 0 Å². The molecule has 0 aromatic heterocycles. The van der Waals surface area contributed by atoms with Crippen molar-refractivity contribution in [1.29, 1.82) is 5.26 Å². The van der Waals surface area contributed by atoms with Crippen molar-refractivity contribution in [3.05, 3.63) is 59.9 Å². The minimum atomic E-state index is -0.346. The summed E-state index contributed by atoms with van der Waals surface area (Å²) in [6, 6.07) is 16.0. The molecule has 5 heteroatoms. The molecule has 128 valence electrons. The third kappa shape index (κ3) is 3.97. The maximum atomic E-state index is 13.2. The maximum absolute atomic E-state index is 13.2. The van der Waals surface area contributed by atoms with E-state index in [1.807, 2.05) is 18.2 Å². The number of nitrogens with zero attached hydrogens (tertiary/aromatic N) is 3. The Morgan fingerprint density at radius 2 is 1.96 bits per heavy atom. The Balaban J connectivity index is 1.79. The van der Waals surface area contributed by atoms with Crippen molar-refractivity contribution in [3.8, 4) is 6.07 Å². The number of hydrogen-bond acceptors (Lipinski definition) is 3. The third-order valence-electron chi connectivity index (χ3n) is 4.42. The normalized spacial score (nSPS) is 13.0. The molecule has 1 aliphatic rings. The quantitative estimate of drug-likeness (QED) is 0.838. The van der Waals surface area contributed by atoms with Gasteiger partial charge in [-0.05, 0) is 48.7 Å². The number of carbonyl (C=O) groups is 1. The zero-order valence-electron chi connectivity index (χ0n) is 14.0. The van der Waals surface area contributed by atoms with Gasteiger partial charge in [-0.1, -0.05) is 18.2 Å². The first-order valence-corrected chi connectivity index (χ1v) is 8.45. The lowest BCUT2D eigenvalue weighted by Crippen LogP contribution is -2.42. The molecule has 0 unspecified atom stereocenters. The Bertz CT molecular complexity index is 782. The highest BCUT2D eigenvalue weighted by Crippen LogP contribution is 2.27. The molecule has 0 saturated carbocycles. The minimum Gasteiger partial charge on any atom is -0.362 e. The SMILES string of the molecule is N#CCCN(C(=O)CN1CCCc2ccccc21)c1ccc(F)cc1. The van der Waals surface area contributed by atoms with Crippen LogP contribution in [0.25, 0.3) is 0 Å². The van der Waals surface area contributed by atoms with Gasteiger partial charge in [-0.2, -0.15) is 5.26 Å². The monoisotopic (exact) mass is 337 g/mol.